The van der Waals surface area contributed by atoms with E-state index in [1.165, 1.54) is 12.1 Å². The van der Waals surface area contributed by atoms with Crippen LogP contribution >= 0.6 is 0 Å². The molecule has 0 saturated carbocycles. The van der Waals surface area contributed by atoms with Crippen LogP contribution in [-0.2, 0) is 7.05 Å². The van der Waals surface area contributed by atoms with Crippen LogP contribution in [0, 0.1) is 17.1 Å². The summed E-state index contributed by atoms with van der Waals surface area (Å²) in [4.78, 5) is 15.5. The Morgan fingerprint density at radius 3 is 2.56 bits per heavy atom. The van der Waals surface area contributed by atoms with Gasteiger partial charge in [0.1, 0.15) is 11.9 Å². The molecule has 0 radical (unpaired) electrons. The molecule has 5 nitrogen and oxygen atoms in total. The van der Waals surface area contributed by atoms with E-state index >= 15 is 0 Å². The number of hydrogen-bond acceptors (Lipinski definition) is 4. The maximum atomic E-state index is 14.1. The summed E-state index contributed by atoms with van der Waals surface area (Å²) in [6.07, 6.45) is 2.40. The Bertz CT molecular complexity index is 1110. The minimum absolute atomic E-state index is 0.0271. The van der Waals surface area contributed by atoms with Gasteiger partial charge in [-0.05, 0) is 41.5 Å². The summed E-state index contributed by atoms with van der Waals surface area (Å²) >= 11 is 0. The summed E-state index contributed by atoms with van der Waals surface area (Å²) in [6.45, 7) is 0. The number of halogens is 1. The van der Waals surface area contributed by atoms with E-state index in [1.807, 2.05) is 18.2 Å². The van der Waals surface area contributed by atoms with Gasteiger partial charge in [0.25, 0.3) is 0 Å². The number of aldehydes is 1. The number of nitriles is 1. The number of nitrogen functional groups attached to an aromatic ring is 1. The zero-order chi connectivity index (χ0) is 19.6. The Kier molecular flexibility index (Phi) is 4.86. The molecule has 0 atom stereocenters. The fourth-order valence-corrected chi connectivity index (χ4v) is 3.05. The minimum atomic E-state index is -0.603. The molecule has 134 valence electrons. The van der Waals surface area contributed by atoms with Crippen LogP contribution in [-0.4, -0.2) is 24.1 Å². The predicted octanol–water partition coefficient (Wildman–Crippen LogP) is 3.81. The average Bonchev–Trinajstić information content (AvgIpc) is 3.00. The van der Waals surface area contributed by atoms with Gasteiger partial charge >= 0.3 is 0 Å². The van der Waals surface area contributed by atoms with Gasteiger partial charge in [-0.3, -0.25) is 9.79 Å². The third-order valence-electron chi connectivity index (χ3n) is 4.42. The number of anilines is 1. The number of nitrogens with zero attached hydrogens (tertiary/aromatic N) is 3. The van der Waals surface area contributed by atoms with Crippen molar-refractivity contribution in [3.05, 3.63) is 65.1 Å². The summed E-state index contributed by atoms with van der Waals surface area (Å²) < 4.78 is 15.9. The van der Waals surface area contributed by atoms with Crippen molar-refractivity contribution in [1.29, 1.82) is 5.26 Å². The number of carbonyl (C=O) groups is 1. The molecular weight excluding hydrogens is 343 g/mol. The van der Waals surface area contributed by atoms with Gasteiger partial charge in [0, 0.05) is 37.1 Å². The van der Waals surface area contributed by atoms with Gasteiger partial charge in [-0.1, -0.05) is 12.1 Å². The topological polar surface area (TPSA) is 84.2 Å². The standard InChI is InChI=1S/C21H17FN4O/c1-25-11-16-7-14(5-6-20(16)24)21-18(9-17(12-27)26(21)2)13-3-4-15(10-23)19(22)8-13/h3-9,11-12H,24H2,1-2H3. The predicted molar refractivity (Wildman–Crippen MR) is 104 cm³/mol. The largest absolute Gasteiger partial charge is 0.398 e. The van der Waals surface area contributed by atoms with Gasteiger partial charge in [0.05, 0.1) is 17.0 Å². The first-order chi connectivity index (χ1) is 13.0. The van der Waals surface area contributed by atoms with Crippen molar-refractivity contribution in [3.8, 4) is 28.5 Å². The molecule has 0 fully saturated rings. The second-order valence-electron chi connectivity index (χ2n) is 6.05. The molecule has 0 bridgehead atoms. The fourth-order valence-electron chi connectivity index (χ4n) is 3.05. The van der Waals surface area contributed by atoms with Crippen molar-refractivity contribution in [3.63, 3.8) is 0 Å². The summed E-state index contributed by atoms with van der Waals surface area (Å²) in [5.41, 5.74) is 10.6. The lowest BCUT2D eigenvalue weighted by atomic mass is 9.98. The van der Waals surface area contributed by atoms with Crippen molar-refractivity contribution < 1.29 is 9.18 Å². The zero-order valence-electron chi connectivity index (χ0n) is 14.9. The van der Waals surface area contributed by atoms with Crippen molar-refractivity contribution in [2.24, 2.45) is 12.0 Å². The normalized spacial score (nSPS) is 10.9. The molecular formula is C21H17FN4O. The van der Waals surface area contributed by atoms with Crippen LogP contribution in [0.3, 0.4) is 0 Å². The highest BCUT2D eigenvalue weighted by Crippen LogP contribution is 2.36. The lowest BCUT2D eigenvalue weighted by Gasteiger charge is -2.11. The minimum Gasteiger partial charge on any atom is -0.398 e. The number of benzene rings is 2. The van der Waals surface area contributed by atoms with Crippen LogP contribution in [0.4, 0.5) is 10.1 Å². The molecule has 3 aromatic rings. The summed E-state index contributed by atoms with van der Waals surface area (Å²) in [5, 5.41) is 8.94. The Hall–Kier alpha value is -3.72. The molecule has 2 aromatic carbocycles. The summed E-state index contributed by atoms with van der Waals surface area (Å²) in [5.74, 6) is -0.603. The second-order valence-corrected chi connectivity index (χ2v) is 6.05. The molecule has 3 rings (SSSR count). The van der Waals surface area contributed by atoms with Gasteiger partial charge < -0.3 is 10.3 Å². The maximum absolute atomic E-state index is 14.1. The van der Waals surface area contributed by atoms with Crippen LogP contribution in [0.5, 0.6) is 0 Å². The van der Waals surface area contributed by atoms with Crippen molar-refractivity contribution in [1.82, 2.24) is 4.57 Å². The van der Waals surface area contributed by atoms with Crippen molar-refractivity contribution in [2.45, 2.75) is 0 Å². The molecule has 1 aromatic heterocycles. The van der Waals surface area contributed by atoms with E-state index in [-0.39, 0.29) is 5.56 Å². The molecule has 27 heavy (non-hydrogen) atoms. The molecule has 0 unspecified atom stereocenters. The van der Waals surface area contributed by atoms with E-state index < -0.39 is 5.82 Å². The van der Waals surface area contributed by atoms with Crippen LogP contribution in [0.15, 0.2) is 47.5 Å². The summed E-state index contributed by atoms with van der Waals surface area (Å²) in [6, 6.07) is 13.4. The van der Waals surface area contributed by atoms with E-state index in [1.54, 1.807) is 43.1 Å². The smallest absolute Gasteiger partial charge is 0.166 e. The van der Waals surface area contributed by atoms with E-state index in [0.29, 0.717) is 22.5 Å². The zero-order valence-corrected chi connectivity index (χ0v) is 14.9. The van der Waals surface area contributed by atoms with E-state index in [4.69, 9.17) is 11.0 Å². The molecule has 0 saturated heterocycles. The Balaban J connectivity index is 2.27. The highest BCUT2D eigenvalue weighted by Gasteiger charge is 2.17. The highest BCUT2D eigenvalue weighted by atomic mass is 19.1. The molecule has 6 heteroatoms. The molecule has 0 aliphatic carbocycles. The first kappa shape index (κ1) is 18.1. The van der Waals surface area contributed by atoms with E-state index in [2.05, 4.69) is 4.99 Å². The first-order valence-corrected chi connectivity index (χ1v) is 8.17. The number of hydrogen-bond donors (Lipinski definition) is 1. The molecule has 2 N–H and O–H groups in total. The molecule has 0 aliphatic rings. The molecule has 0 aliphatic heterocycles. The number of aliphatic imine (C=N–C) groups is 1. The number of aromatic nitrogens is 1. The number of rotatable bonds is 4. The van der Waals surface area contributed by atoms with Crippen LogP contribution in [0.1, 0.15) is 21.6 Å². The molecule has 0 amide bonds. The van der Waals surface area contributed by atoms with Crippen molar-refractivity contribution in [2.75, 3.05) is 12.8 Å². The summed E-state index contributed by atoms with van der Waals surface area (Å²) in [7, 11) is 3.43. The molecule has 0 spiro atoms. The van der Waals surface area contributed by atoms with Gasteiger partial charge in [-0.25, -0.2) is 4.39 Å². The fraction of sp³-hybridized carbons (Fsp3) is 0.0952. The Labute approximate surface area is 156 Å². The van der Waals surface area contributed by atoms with E-state index in [0.717, 1.165) is 23.1 Å². The van der Waals surface area contributed by atoms with Crippen LogP contribution in [0.2, 0.25) is 0 Å². The Morgan fingerprint density at radius 1 is 1.19 bits per heavy atom. The SMILES string of the molecule is CN=Cc1cc(-c2c(-c3ccc(C#N)c(F)c3)cc(C=O)n2C)ccc1N. The number of nitrogens with two attached hydrogens (primary N) is 1. The quantitative estimate of drug-likeness (QED) is 0.436. The number of carbonyl (C=O) groups excluding carboxylic acids is 1. The monoisotopic (exact) mass is 360 g/mol. The second kappa shape index (κ2) is 7.26. The van der Waals surface area contributed by atoms with Crippen molar-refractivity contribution >= 4 is 18.2 Å². The van der Waals surface area contributed by atoms with Gasteiger partial charge in [-0.15, -0.1) is 0 Å². The van der Waals surface area contributed by atoms with Crippen LogP contribution < -0.4 is 5.73 Å². The highest BCUT2D eigenvalue weighted by molar-refractivity contribution is 5.93. The lowest BCUT2D eigenvalue weighted by Crippen LogP contribution is -1.99. The van der Waals surface area contributed by atoms with Gasteiger partial charge in [0.2, 0.25) is 0 Å². The Morgan fingerprint density at radius 2 is 1.93 bits per heavy atom. The molecule has 1 heterocycles. The van der Waals surface area contributed by atoms with Crippen LogP contribution in [0.25, 0.3) is 22.4 Å². The third kappa shape index (κ3) is 3.23. The average molecular weight is 360 g/mol. The lowest BCUT2D eigenvalue weighted by molar-refractivity contribution is 0.111. The van der Waals surface area contributed by atoms with Gasteiger partial charge in [-0.2, -0.15) is 5.26 Å². The third-order valence-corrected chi connectivity index (χ3v) is 4.42. The maximum Gasteiger partial charge on any atom is 0.166 e. The van der Waals surface area contributed by atoms with E-state index in [9.17, 15) is 9.18 Å². The van der Waals surface area contributed by atoms with Gasteiger partial charge in [0.15, 0.2) is 6.29 Å². The first-order valence-electron chi connectivity index (χ1n) is 8.17.